The first-order valence-corrected chi connectivity index (χ1v) is 9.38. The van der Waals surface area contributed by atoms with E-state index >= 15 is 0 Å². The molecule has 0 spiro atoms. The maximum Gasteiger partial charge on any atom is 0.416 e. The third kappa shape index (κ3) is 3.89. The van der Waals surface area contributed by atoms with Crippen LogP contribution < -0.4 is 0 Å². The molecule has 0 aliphatic rings. The van der Waals surface area contributed by atoms with Crippen LogP contribution in [0.5, 0.6) is 0 Å². The molecule has 24 heavy (non-hydrogen) atoms. The van der Waals surface area contributed by atoms with Gasteiger partial charge in [-0.15, -0.1) is 10.2 Å². The van der Waals surface area contributed by atoms with E-state index in [4.69, 9.17) is 0 Å². The van der Waals surface area contributed by atoms with Gasteiger partial charge in [0.25, 0.3) is 0 Å². The van der Waals surface area contributed by atoms with Crippen molar-refractivity contribution >= 4 is 28.1 Å². The standard InChI is InChI=1S/C15H15F3N4S2/c1-2-6-23-9-12-19-20-14-22(12)21-13(24-14)8-10-4-3-5-11(7-10)15(16,17)18/h3-5,7H,2,6,8-9H2,1H3. The second kappa shape index (κ2) is 7.10. The third-order valence-electron chi connectivity index (χ3n) is 3.29. The van der Waals surface area contributed by atoms with E-state index in [0.717, 1.165) is 34.8 Å². The first-order valence-electron chi connectivity index (χ1n) is 7.41. The lowest BCUT2D eigenvalue weighted by atomic mass is 10.1. The van der Waals surface area contributed by atoms with Gasteiger partial charge in [0.1, 0.15) is 5.01 Å². The molecule has 128 valence electrons. The molecule has 3 rings (SSSR count). The van der Waals surface area contributed by atoms with Gasteiger partial charge in [0.15, 0.2) is 5.82 Å². The van der Waals surface area contributed by atoms with Crippen LogP contribution >= 0.6 is 23.1 Å². The summed E-state index contributed by atoms with van der Waals surface area (Å²) in [6, 6.07) is 5.34. The van der Waals surface area contributed by atoms with E-state index in [2.05, 4.69) is 22.2 Å². The lowest BCUT2D eigenvalue weighted by Crippen LogP contribution is -2.05. The summed E-state index contributed by atoms with van der Waals surface area (Å²) in [5, 5.41) is 13.4. The molecule has 0 bridgehead atoms. The topological polar surface area (TPSA) is 43.1 Å². The molecule has 2 heterocycles. The average Bonchev–Trinajstić information content (AvgIpc) is 3.08. The highest BCUT2D eigenvalue weighted by Gasteiger charge is 2.30. The minimum Gasteiger partial charge on any atom is -0.186 e. The number of hydrogen-bond donors (Lipinski definition) is 0. The van der Waals surface area contributed by atoms with Crippen LogP contribution in [0.25, 0.3) is 4.96 Å². The summed E-state index contributed by atoms with van der Waals surface area (Å²) in [6.07, 6.45) is -2.90. The van der Waals surface area contributed by atoms with Crippen molar-refractivity contribution < 1.29 is 13.2 Å². The SMILES string of the molecule is CCCSCc1nnc2sc(Cc3cccc(C(F)(F)F)c3)nn12. The van der Waals surface area contributed by atoms with Gasteiger partial charge in [0, 0.05) is 6.42 Å². The largest absolute Gasteiger partial charge is 0.416 e. The monoisotopic (exact) mass is 372 g/mol. The highest BCUT2D eigenvalue weighted by Crippen LogP contribution is 2.30. The quantitative estimate of drug-likeness (QED) is 0.600. The smallest absolute Gasteiger partial charge is 0.186 e. The average molecular weight is 372 g/mol. The van der Waals surface area contributed by atoms with Gasteiger partial charge in [-0.25, -0.2) is 0 Å². The van der Waals surface area contributed by atoms with Crippen LogP contribution in [0.4, 0.5) is 13.2 Å². The number of rotatable bonds is 6. The summed E-state index contributed by atoms with van der Waals surface area (Å²) >= 11 is 3.11. The number of alkyl halides is 3. The summed E-state index contributed by atoms with van der Waals surface area (Å²) in [5.41, 5.74) is -0.0589. The zero-order valence-corrected chi connectivity index (χ0v) is 14.5. The zero-order chi connectivity index (χ0) is 17.2. The maximum atomic E-state index is 12.8. The Bertz CT molecular complexity index is 826. The minimum absolute atomic E-state index is 0.347. The molecule has 0 aliphatic heterocycles. The van der Waals surface area contributed by atoms with Gasteiger partial charge in [-0.3, -0.25) is 0 Å². The first-order chi connectivity index (χ1) is 11.5. The predicted octanol–water partition coefficient (Wildman–Crippen LogP) is 4.44. The van der Waals surface area contributed by atoms with Gasteiger partial charge in [-0.1, -0.05) is 36.5 Å². The lowest BCUT2D eigenvalue weighted by Gasteiger charge is -2.07. The minimum atomic E-state index is -4.33. The Morgan fingerprint density at radius 3 is 2.83 bits per heavy atom. The fraction of sp³-hybridized carbons (Fsp3) is 0.400. The maximum absolute atomic E-state index is 12.8. The van der Waals surface area contributed by atoms with Crippen molar-refractivity contribution in [3.63, 3.8) is 0 Å². The summed E-state index contributed by atoms with van der Waals surface area (Å²) in [6.45, 7) is 2.11. The Morgan fingerprint density at radius 2 is 2.08 bits per heavy atom. The molecule has 2 aromatic heterocycles. The number of benzene rings is 1. The van der Waals surface area contributed by atoms with Crippen molar-refractivity contribution in [1.82, 2.24) is 19.8 Å². The molecule has 1 aromatic carbocycles. The van der Waals surface area contributed by atoms with E-state index in [-0.39, 0.29) is 0 Å². The van der Waals surface area contributed by atoms with E-state index in [0.29, 0.717) is 16.9 Å². The number of thioether (sulfide) groups is 1. The fourth-order valence-corrected chi connectivity index (χ4v) is 3.88. The predicted molar refractivity (Wildman–Crippen MR) is 89.4 cm³/mol. The van der Waals surface area contributed by atoms with E-state index < -0.39 is 11.7 Å². The number of halogens is 3. The van der Waals surface area contributed by atoms with Crippen molar-refractivity contribution in [1.29, 1.82) is 0 Å². The van der Waals surface area contributed by atoms with E-state index in [1.165, 1.54) is 23.5 Å². The Balaban J connectivity index is 1.78. The van der Waals surface area contributed by atoms with Gasteiger partial charge in [-0.05, 0) is 23.8 Å². The van der Waals surface area contributed by atoms with Crippen LogP contribution in [0, 0.1) is 0 Å². The van der Waals surface area contributed by atoms with Gasteiger partial charge < -0.3 is 0 Å². The Morgan fingerprint density at radius 1 is 1.25 bits per heavy atom. The van der Waals surface area contributed by atoms with Crippen molar-refractivity contribution in [3.8, 4) is 0 Å². The van der Waals surface area contributed by atoms with E-state index in [1.807, 2.05) is 0 Å². The van der Waals surface area contributed by atoms with Gasteiger partial charge in [-0.2, -0.15) is 34.5 Å². The molecule has 0 aliphatic carbocycles. The number of aromatic nitrogens is 4. The molecular formula is C15H15F3N4S2. The van der Waals surface area contributed by atoms with E-state index in [1.54, 1.807) is 22.3 Å². The van der Waals surface area contributed by atoms with Crippen molar-refractivity contribution in [2.75, 3.05) is 5.75 Å². The van der Waals surface area contributed by atoms with Crippen molar-refractivity contribution in [3.05, 3.63) is 46.2 Å². The number of fused-ring (bicyclic) bond motifs is 1. The summed E-state index contributed by atoms with van der Waals surface area (Å²) in [7, 11) is 0. The van der Waals surface area contributed by atoms with Gasteiger partial charge in [0.2, 0.25) is 4.96 Å². The summed E-state index contributed by atoms with van der Waals surface area (Å²) < 4.78 is 40.1. The zero-order valence-electron chi connectivity index (χ0n) is 12.9. The van der Waals surface area contributed by atoms with Crippen LogP contribution in [0.3, 0.4) is 0 Å². The molecule has 0 saturated heterocycles. The number of hydrogen-bond acceptors (Lipinski definition) is 5. The molecule has 0 radical (unpaired) electrons. The molecule has 0 saturated carbocycles. The lowest BCUT2D eigenvalue weighted by molar-refractivity contribution is -0.137. The molecule has 0 amide bonds. The van der Waals surface area contributed by atoms with Gasteiger partial charge >= 0.3 is 6.18 Å². The van der Waals surface area contributed by atoms with Crippen molar-refractivity contribution in [2.24, 2.45) is 0 Å². The fourth-order valence-electron chi connectivity index (χ4n) is 2.20. The van der Waals surface area contributed by atoms with Crippen molar-refractivity contribution in [2.45, 2.75) is 31.7 Å². The summed E-state index contributed by atoms with van der Waals surface area (Å²) in [4.78, 5) is 0.670. The van der Waals surface area contributed by atoms with Crippen LogP contribution in [0.2, 0.25) is 0 Å². The summed E-state index contributed by atoms with van der Waals surface area (Å²) in [5.74, 6) is 2.53. The molecule has 0 unspecified atom stereocenters. The number of nitrogens with zero attached hydrogens (tertiary/aromatic N) is 4. The Kier molecular flexibility index (Phi) is 5.09. The van der Waals surface area contributed by atoms with E-state index in [9.17, 15) is 13.2 Å². The molecule has 0 atom stereocenters. The van der Waals surface area contributed by atoms with Crippen LogP contribution in [0.1, 0.15) is 35.3 Å². The molecule has 9 heteroatoms. The molecule has 4 nitrogen and oxygen atoms in total. The van der Waals surface area contributed by atoms with Crippen LogP contribution in [-0.4, -0.2) is 25.6 Å². The third-order valence-corrected chi connectivity index (χ3v) is 5.34. The second-order valence-corrected chi connectivity index (χ2v) is 7.38. The highest BCUT2D eigenvalue weighted by molar-refractivity contribution is 7.98. The first kappa shape index (κ1) is 17.2. The van der Waals surface area contributed by atoms with Crippen LogP contribution in [-0.2, 0) is 18.3 Å². The molecule has 0 fully saturated rings. The highest BCUT2D eigenvalue weighted by atomic mass is 32.2. The van der Waals surface area contributed by atoms with Crippen LogP contribution in [0.15, 0.2) is 24.3 Å². The molecule has 0 N–H and O–H groups in total. The Labute approximate surface area is 145 Å². The molecular weight excluding hydrogens is 357 g/mol. The van der Waals surface area contributed by atoms with Gasteiger partial charge in [0.05, 0.1) is 11.3 Å². The normalized spacial score (nSPS) is 12.2. The molecule has 3 aromatic rings. The second-order valence-electron chi connectivity index (χ2n) is 5.23. The Hall–Kier alpha value is -1.61.